The lowest BCUT2D eigenvalue weighted by Gasteiger charge is -2.36. The van der Waals surface area contributed by atoms with Crippen LogP contribution in [0, 0.1) is 0 Å². The SMILES string of the molecule is C[C@@H]1CCCCN1C(=O)[C@@H]1CCCN1C(=O)OCC(F)(F)F. The topological polar surface area (TPSA) is 49.9 Å². The molecule has 2 aliphatic heterocycles. The Labute approximate surface area is 127 Å². The van der Waals surface area contributed by atoms with Crippen molar-refractivity contribution >= 4 is 12.0 Å². The Bertz CT molecular complexity index is 428. The van der Waals surface area contributed by atoms with Crippen LogP contribution in [0.15, 0.2) is 0 Å². The van der Waals surface area contributed by atoms with Crippen LogP contribution in [-0.2, 0) is 9.53 Å². The van der Waals surface area contributed by atoms with Gasteiger partial charge in [0.05, 0.1) is 0 Å². The molecule has 5 nitrogen and oxygen atoms in total. The molecule has 2 fully saturated rings. The second-order valence-electron chi connectivity index (χ2n) is 5.90. The molecule has 2 rings (SSSR count). The molecule has 0 aromatic carbocycles. The maximum atomic E-state index is 12.6. The van der Waals surface area contributed by atoms with Crippen LogP contribution in [0.25, 0.3) is 0 Å². The number of hydrogen-bond acceptors (Lipinski definition) is 3. The number of rotatable bonds is 2. The van der Waals surface area contributed by atoms with Gasteiger partial charge in [0.25, 0.3) is 0 Å². The van der Waals surface area contributed by atoms with Crippen molar-refractivity contribution in [3.8, 4) is 0 Å². The zero-order valence-corrected chi connectivity index (χ0v) is 12.6. The first kappa shape index (κ1) is 16.9. The number of nitrogens with zero attached hydrogens (tertiary/aromatic N) is 2. The van der Waals surface area contributed by atoms with Gasteiger partial charge in [-0.25, -0.2) is 4.79 Å². The highest BCUT2D eigenvalue weighted by Gasteiger charge is 2.40. The van der Waals surface area contributed by atoms with Crippen LogP contribution in [-0.4, -0.2) is 59.8 Å². The van der Waals surface area contributed by atoms with Crippen molar-refractivity contribution in [3.05, 3.63) is 0 Å². The molecule has 2 amide bonds. The number of likely N-dealkylation sites (tertiary alicyclic amines) is 2. The van der Waals surface area contributed by atoms with E-state index < -0.39 is 24.9 Å². The quantitative estimate of drug-likeness (QED) is 0.785. The molecule has 0 spiro atoms. The van der Waals surface area contributed by atoms with E-state index in [1.165, 1.54) is 0 Å². The molecule has 0 aliphatic carbocycles. The Morgan fingerprint density at radius 3 is 2.41 bits per heavy atom. The molecule has 2 atom stereocenters. The summed E-state index contributed by atoms with van der Waals surface area (Å²) in [5.74, 6) is -0.173. The summed E-state index contributed by atoms with van der Waals surface area (Å²) in [7, 11) is 0. The molecule has 126 valence electrons. The van der Waals surface area contributed by atoms with E-state index in [1.807, 2.05) is 6.92 Å². The number of hydrogen-bond donors (Lipinski definition) is 0. The minimum absolute atomic E-state index is 0.106. The Morgan fingerprint density at radius 2 is 1.77 bits per heavy atom. The molecular weight excluding hydrogens is 301 g/mol. The van der Waals surface area contributed by atoms with E-state index in [4.69, 9.17) is 0 Å². The standard InChI is InChI=1S/C14H21F3N2O3/c1-10-5-2-3-7-18(10)12(20)11-6-4-8-19(11)13(21)22-9-14(15,16)17/h10-11H,2-9H2,1H3/t10-,11+/m1/s1. The largest absolute Gasteiger partial charge is 0.440 e. The Balaban J connectivity index is 1.97. The molecule has 0 saturated carbocycles. The first-order chi connectivity index (χ1) is 10.3. The number of carbonyl (C=O) groups is 2. The fourth-order valence-electron chi connectivity index (χ4n) is 3.09. The van der Waals surface area contributed by atoms with Gasteiger partial charge in [0.2, 0.25) is 5.91 Å². The summed E-state index contributed by atoms with van der Waals surface area (Å²) in [6, 6.07) is -0.587. The minimum Gasteiger partial charge on any atom is -0.440 e. The van der Waals surface area contributed by atoms with Crippen LogP contribution < -0.4 is 0 Å². The summed E-state index contributed by atoms with van der Waals surface area (Å²) < 4.78 is 40.7. The molecule has 0 aromatic rings. The zero-order valence-electron chi connectivity index (χ0n) is 12.6. The molecule has 0 N–H and O–H groups in total. The van der Waals surface area contributed by atoms with Gasteiger partial charge < -0.3 is 9.64 Å². The highest BCUT2D eigenvalue weighted by molar-refractivity contribution is 5.86. The van der Waals surface area contributed by atoms with E-state index in [0.29, 0.717) is 19.4 Å². The Kier molecular flexibility index (Phi) is 5.18. The maximum absolute atomic E-state index is 12.6. The summed E-state index contributed by atoms with van der Waals surface area (Å²) in [6.07, 6.45) is -1.65. The van der Waals surface area contributed by atoms with Gasteiger partial charge in [0.15, 0.2) is 6.61 Å². The second kappa shape index (κ2) is 6.75. The Morgan fingerprint density at radius 1 is 1.09 bits per heavy atom. The third-order valence-corrected chi connectivity index (χ3v) is 4.22. The van der Waals surface area contributed by atoms with E-state index >= 15 is 0 Å². The molecular formula is C14H21F3N2O3. The fourth-order valence-corrected chi connectivity index (χ4v) is 3.09. The van der Waals surface area contributed by atoms with Crippen LogP contribution in [0.5, 0.6) is 0 Å². The number of piperidine rings is 1. The molecule has 2 heterocycles. The number of amides is 2. The van der Waals surface area contributed by atoms with Crippen molar-refractivity contribution in [2.45, 2.75) is 57.3 Å². The van der Waals surface area contributed by atoms with Crippen LogP contribution in [0.4, 0.5) is 18.0 Å². The van der Waals surface area contributed by atoms with Crippen molar-refractivity contribution in [2.24, 2.45) is 0 Å². The highest BCUT2D eigenvalue weighted by Crippen LogP contribution is 2.25. The van der Waals surface area contributed by atoms with E-state index in [2.05, 4.69) is 4.74 Å². The van der Waals surface area contributed by atoms with Gasteiger partial charge in [-0.1, -0.05) is 0 Å². The fraction of sp³-hybridized carbons (Fsp3) is 0.857. The average Bonchev–Trinajstić information content (AvgIpc) is 2.93. The van der Waals surface area contributed by atoms with Crippen LogP contribution in [0.1, 0.15) is 39.0 Å². The van der Waals surface area contributed by atoms with Gasteiger partial charge in [0.1, 0.15) is 6.04 Å². The summed E-state index contributed by atoms with van der Waals surface area (Å²) in [6.45, 7) is 1.24. The third kappa shape index (κ3) is 4.04. The first-order valence-electron chi connectivity index (χ1n) is 7.60. The summed E-state index contributed by atoms with van der Waals surface area (Å²) in [5.41, 5.74) is 0. The summed E-state index contributed by atoms with van der Waals surface area (Å²) in [5, 5.41) is 0. The molecule has 0 radical (unpaired) electrons. The van der Waals surface area contributed by atoms with Crippen molar-refractivity contribution in [3.63, 3.8) is 0 Å². The van der Waals surface area contributed by atoms with Crippen LogP contribution in [0.3, 0.4) is 0 Å². The predicted octanol–water partition coefficient (Wildman–Crippen LogP) is 2.55. The zero-order chi connectivity index (χ0) is 16.3. The summed E-state index contributed by atoms with van der Waals surface area (Å²) >= 11 is 0. The smallest absolute Gasteiger partial charge is 0.422 e. The Hall–Kier alpha value is -1.47. The van der Waals surface area contributed by atoms with Gasteiger partial charge in [-0.05, 0) is 39.0 Å². The summed E-state index contributed by atoms with van der Waals surface area (Å²) in [4.78, 5) is 27.3. The highest BCUT2D eigenvalue weighted by atomic mass is 19.4. The molecule has 0 bridgehead atoms. The normalized spacial score (nSPS) is 26.2. The number of halogens is 3. The monoisotopic (exact) mass is 322 g/mol. The van der Waals surface area contributed by atoms with Crippen LogP contribution in [0.2, 0.25) is 0 Å². The van der Waals surface area contributed by atoms with Crippen molar-refractivity contribution < 1.29 is 27.5 Å². The molecule has 0 unspecified atom stereocenters. The third-order valence-electron chi connectivity index (χ3n) is 4.22. The lowest BCUT2D eigenvalue weighted by atomic mass is 10.0. The van der Waals surface area contributed by atoms with Crippen LogP contribution >= 0.6 is 0 Å². The lowest BCUT2D eigenvalue weighted by Crippen LogP contribution is -2.52. The average molecular weight is 322 g/mol. The van der Waals surface area contributed by atoms with Gasteiger partial charge in [-0.2, -0.15) is 13.2 Å². The molecule has 2 aliphatic rings. The van der Waals surface area contributed by atoms with Gasteiger partial charge in [-0.3, -0.25) is 9.69 Å². The van der Waals surface area contributed by atoms with E-state index in [-0.39, 0.29) is 18.5 Å². The van der Waals surface area contributed by atoms with Gasteiger partial charge in [-0.15, -0.1) is 0 Å². The van der Waals surface area contributed by atoms with Gasteiger partial charge in [0, 0.05) is 19.1 Å². The molecule has 8 heteroatoms. The second-order valence-corrected chi connectivity index (χ2v) is 5.90. The number of carbonyl (C=O) groups excluding carboxylic acids is 2. The number of ether oxygens (including phenoxy) is 1. The molecule has 22 heavy (non-hydrogen) atoms. The van der Waals surface area contributed by atoms with Crippen molar-refractivity contribution in [1.82, 2.24) is 9.80 Å². The van der Waals surface area contributed by atoms with Crippen molar-refractivity contribution in [2.75, 3.05) is 19.7 Å². The minimum atomic E-state index is -4.56. The lowest BCUT2D eigenvalue weighted by molar-refractivity contribution is -0.163. The molecule has 0 aromatic heterocycles. The van der Waals surface area contributed by atoms with Gasteiger partial charge >= 0.3 is 12.3 Å². The number of alkyl halides is 3. The first-order valence-corrected chi connectivity index (χ1v) is 7.60. The van der Waals surface area contributed by atoms with E-state index in [0.717, 1.165) is 24.2 Å². The predicted molar refractivity (Wildman–Crippen MR) is 72.2 cm³/mol. The van der Waals surface area contributed by atoms with E-state index in [9.17, 15) is 22.8 Å². The van der Waals surface area contributed by atoms with Crippen molar-refractivity contribution in [1.29, 1.82) is 0 Å². The maximum Gasteiger partial charge on any atom is 0.422 e. The molecule has 2 saturated heterocycles. The van der Waals surface area contributed by atoms with E-state index in [1.54, 1.807) is 4.90 Å².